The van der Waals surface area contributed by atoms with Crippen molar-refractivity contribution in [1.82, 2.24) is 5.32 Å². The van der Waals surface area contributed by atoms with Gasteiger partial charge < -0.3 is 10.7 Å². The maximum atomic E-state index is 12.0. The second-order valence-electron chi connectivity index (χ2n) is 4.22. The van der Waals surface area contributed by atoms with Crippen LogP contribution in [-0.4, -0.2) is 33.1 Å². The Labute approximate surface area is 118 Å². The summed E-state index contributed by atoms with van der Waals surface area (Å²) in [5, 5.41) is 13.6. The lowest BCUT2D eigenvalue weighted by Gasteiger charge is -2.13. The number of anilines is 1. The highest BCUT2D eigenvalue weighted by Crippen LogP contribution is 2.27. The van der Waals surface area contributed by atoms with Crippen LogP contribution in [-0.2, 0) is 10.8 Å². The zero-order valence-electron chi connectivity index (χ0n) is 11.1. The molecule has 0 saturated heterocycles. The van der Waals surface area contributed by atoms with Crippen LogP contribution in [0.2, 0.25) is 0 Å². The molecular weight excluding hydrogens is 284 g/mol. The topological polar surface area (TPSA) is 127 Å². The highest BCUT2D eigenvalue weighted by molar-refractivity contribution is 7.84. The number of nitrogens with one attached hydrogen (secondary N) is 2. The maximum absolute atomic E-state index is 12.0. The van der Waals surface area contributed by atoms with Crippen LogP contribution >= 0.6 is 0 Å². The molecule has 0 aliphatic rings. The molecule has 0 fully saturated rings. The Kier molecular flexibility index (Phi) is 5.59. The quantitative estimate of drug-likeness (QED) is 0.396. The molecule has 1 amide bonds. The summed E-state index contributed by atoms with van der Waals surface area (Å²) in [6.07, 6.45) is 1.52. The van der Waals surface area contributed by atoms with Gasteiger partial charge in [-0.2, -0.15) is 0 Å². The average molecular weight is 300 g/mol. The molecule has 0 spiro atoms. The summed E-state index contributed by atoms with van der Waals surface area (Å²) in [5.74, 6) is 4.87. The Hall–Kier alpha value is -2.00. The molecule has 1 aromatic carbocycles. The molecule has 0 saturated carbocycles. The van der Waals surface area contributed by atoms with Gasteiger partial charge in [0.25, 0.3) is 5.91 Å². The van der Waals surface area contributed by atoms with Crippen LogP contribution in [0.3, 0.4) is 0 Å². The van der Waals surface area contributed by atoms with Gasteiger partial charge in [-0.15, -0.1) is 0 Å². The van der Waals surface area contributed by atoms with E-state index in [1.807, 2.05) is 0 Å². The summed E-state index contributed by atoms with van der Waals surface area (Å²) in [7, 11) is -1.07. The molecule has 4 N–H and O–H groups in total. The molecule has 2 atom stereocenters. The van der Waals surface area contributed by atoms with Crippen LogP contribution in [0.25, 0.3) is 0 Å². The van der Waals surface area contributed by atoms with E-state index < -0.39 is 27.3 Å². The predicted octanol–water partition coefficient (Wildman–Crippen LogP) is 0.377. The first-order valence-corrected chi connectivity index (χ1v) is 7.44. The molecule has 20 heavy (non-hydrogen) atoms. The largest absolute Gasteiger partial charge is 0.348 e. The van der Waals surface area contributed by atoms with Gasteiger partial charge in [-0.3, -0.25) is 25.0 Å². The number of nitrogens with zero attached hydrogens (tertiary/aromatic N) is 1. The summed E-state index contributed by atoms with van der Waals surface area (Å²) < 4.78 is 11.1. The van der Waals surface area contributed by atoms with Crippen molar-refractivity contribution in [3.8, 4) is 0 Å². The van der Waals surface area contributed by atoms with Crippen LogP contribution in [0.1, 0.15) is 17.3 Å². The summed E-state index contributed by atoms with van der Waals surface area (Å²) in [6.45, 7) is 1.68. The lowest BCUT2D eigenvalue weighted by Crippen LogP contribution is -2.36. The van der Waals surface area contributed by atoms with Gasteiger partial charge in [0.05, 0.1) is 4.92 Å². The number of nitrogen functional groups attached to an aromatic ring is 1. The van der Waals surface area contributed by atoms with E-state index in [2.05, 4.69) is 10.7 Å². The van der Waals surface area contributed by atoms with Crippen molar-refractivity contribution >= 4 is 28.1 Å². The van der Waals surface area contributed by atoms with Crippen molar-refractivity contribution in [2.75, 3.05) is 17.4 Å². The molecule has 0 heterocycles. The number of hydrogen-bond donors (Lipinski definition) is 3. The molecule has 110 valence electrons. The van der Waals surface area contributed by atoms with Gasteiger partial charge in [0.2, 0.25) is 0 Å². The molecule has 1 aromatic rings. The molecule has 0 aliphatic heterocycles. The van der Waals surface area contributed by atoms with Crippen LogP contribution in [0, 0.1) is 10.1 Å². The average Bonchev–Trinajstić information content (AvgIpc) is 2.36. The fraction of sp³-hybridized carbons (Fsp3) is 0.364. The Morgan fingerprint density at radius 2 is 2.20 bits per heavy atom. The van der Waals surface area contributed by atoms with E-state index in [-0.39, 0.29) is 23.0 Å². The highest BCUT2D eigenvalue weighted by atomic mass is 32.2. The van der Waals surface area contributed by atoms with Crippen LogP contribution in [0.15, 0.2) is 18.2 Å². The van der Waals surface area contributed by atoms with E-state index >= 15 is 0 Å². The fourth-order valence-corrected chi connectivity index (χ4v) is 2.52. The first kappa shape index (κ1) is 16.1. The maximum Gasteiger partial charge on any atom is 0.306 e. The Morgan fingerprint density at radius 3 is 2.70 bits per heavy atom. The van der Waals surface area contributed by atoms with Crippen molar-refractivity contribution < 1.29 is 13.9 Å². The van der Waals surface area contributed by atoms with Crippen LogP contribution < -0.4 is 16.6 Å². The van der Waals surface area contributed by atoms with Gasteiger partial charge in [0.1, 0.15) is 11.3 Å². The van der Waals surface area contributed by atoms with Crippen LogP contribution in [0.4, 0.5) is 11.4 Å². The number of hydrogen-bond acceptors (Lipinski definition) is 6. The normalized spacial score (nSPS) is 13.3. The molecule has 8 nitrogen and oxygen atoms in total. The monoisotopic (exact) mass is 300 g/mol. The summed E-state index contributed by atoms with van der Waals surface area (Å²) in [5.41, 5.74) is 1.75. The smallest absolute Gasteiger partial charge is 0.306 e. The molecule has 0 radical (unpaired) electrons. The first-order chi connectivity index (χ1) is 9.36. The third kappa shape index (κ3) is 4.00. The van der Waals surface area contributed by atoms with Crippen molar-refractivity contribution in [2.45, 2.75) is 13.0 Å². The van der Waals surface area contributed by atoms with Gasteiger partial charge in [0, 0.05) is 28.9 Å². The number of amides is 1. The van der Waals surface area contributed by atoms with E-state index in [4.69, 9.17) is 5.84 Å². The number of nitro groups is 1. The number of nitro benzene ring substituents is 1. The first-order valence-electron chi connectivity index (χ1n) is 5.71. The second-order valence-corrected chi connectivity index (χ2v) is 5.70. The molecule has 0 aromatic heterocycles. The molecule has 0 bridgehead atoms. The van der Waals surface area contributed by atoms with E-state index in [0.29, 0.717) is 0 Å². The third-order valence-corrected chi connectivity index (χ3v) is 3.45. The minimum absolute atomic E-state index is 0.0503. The number of para-hydroxylation sites is 1. The second kappa shape index (κ2) is 6.96. The van der Waals surface area contributed by atoms with Crippen molar-refractivity contribution in [3.05, 3.63) is 33.9 Å². The van der Waals surface area contributed by atoms with Gasteiger partial charge in [-0.1, -0.05) is 6.07 Å². The SMILES string of the molecule is CC(CS(C)=O)NC(=O)c1cccc(NN)c1[N+](=O)[O-]. The Morgan fingerprint density at radius 1 is 1.55 bits per heavy atom. The van der Waals surface area contributed by atoms with E-state index in [9.17, 15) is 19.1 Å². The van der Waals surface area contributed by atoms with Crippen LogP contribution in [0.5, 0.6) is 0 Å². The van der Waals surface area contributed by atoms with Gasteiger partial charge in [-0.25, -0.2) is 0 Å². The van der Waals surface area contributed by atoms with Crippen molar-refractivity contribution in [3.63, 3.8) is 0 Å². The summed E-state index contributed by atoms with van der Waals surface area (Å²) in [6, 6.07) is 3.87. The lowest BCUT2D eigenvalue weighted by molar-refractivity contribution is -0.384. The Balaban J connectivity index is 3.04. The summed E-state index contributed by atoms with van der Waals surface area (Å²) >= 11 is 0. The number of carbonyl (C=O) groups excluding carboxylic acids is 1. The molecule has 2 unspecified atom stereocenters. The molecule has 1 rings (SSSR count). The van der Waals surface area contributed by atoms with Gasteiger partial charge in [0.15, 0.2) is 0 Å². The molecule has 9 heteroatoms. The fourth-order valence-electron chi connectivity index (χ4n) is 1.74. The number of carbonyl (C=O) groups is 1. The number of benzene rings is 1. The van der Waals surface area contributed by atoms with E-state index in [0.717, 1.165) is 0 Å². The van der Waals surface area contributed by atoms with Crippen molar-refractivity contribution in [1.29, 1.82) is 0 Å². The lowest BCUT2D eigenvalue weighted by atomic mass is 10.1. The standard InChI is InChI=1S/C11H16N4O4S/c1-7(6-20(2)19)13-11(16)8-4-3-5-9(14-12)10(8)15(17)18/h3-5,7,14H,6,12H2,1-2H3,(H,13,16). The predicted molar refractivity (Wildman–Crippen MR) is 76.8 cm³/mol. The zero-order chi connectivity index (χ0) is 15.3. The number of rotatable bonds is 6. The summed E-state index contributed by atoms with van der Waals surface area (Å²) in [4.78, 5) is 22.4. The third-order valence-electron chi connectivity index (χ3n) is 2.48. The molecular formula is C11H16N4O4S. The Bertz CT molecular complexity index is 549. The van der Waals surface area contributed by atoms with Gasteiger partial charge in [-0.05, 0) is 19.1 Å². The molecule has 0 aliphatic carbocycles. The highest BCUT2D eigenvalue weighted by Gasteiger charge is 2.25. The number of nitrogens with two attached hydrogens (primary N) is 1. The van der Waals surface area contributed by atoms with Crippen molar-refractivity contribution in [2.24, 2.45) is 5.84 Å². The minimum Gasteiger partial charge on any atom is -0.348 e. The zero-order valence-corrected chi connectivity index (χ0v) is 11.9. The number of hydrazine groups is 1. The van der Waals surface area contributed by atoms with E-state index in [1.165, 1.54) is 24.5 Å². The van der Waals surface area contributed by atoms with E-state index in [1.54, 1.807) is 6.92 Å². The van der Waals surface area contributed by atoms with Gasteiger partial charge >= 0.3 is 5.69 Å². The minimum atomic E-state index is -1.07.